The first-order valence-electron chi connectivity index (χ1n) is 0.707. The van der Waals surface area contributed by atoms with Gasteiger partial charge in [-0.25, -0.2) is 0 Å². The molecular weight excluding hydrogens is 254 g/mol. The zero-order chi connectivity index (χ0) is 3.58. The third-order valence-corrected chi connectivity index (χ3v) is 0. The Morgan fingerprint density at radius 2 is 1.00 bits per heavy atom. The molecule has 0 aromatic carbocycles. The Kier molecular flexibility index (Phi) is 51.3. The van der Waals surface area contributed by atoms with Gasteiger partial charge in [0.1, 0.15) is 0 Å². The molecule has 3 nitrogen and oxygen atoms in total. The number of hydrogen-bond donors (Lipinski definition) is 0. The molecule has 0 aromatic heterocycles. The van der Waals surface area contributed by atoms with E-state index in [4.69, 9.17) is 15.1 Å². The topological polar surface area (TPSA) is 69.2 Å². The zero-order valence-electron chi connectivity index (χ0n) is 3.96. The molecule has 0 N–H and O–H groups in total. The van der Waals surface area contributed by atoms with E-state index in [0.717, 1.165) is 0 Å². The van der Waals surface area contributed by atoms with Crippen LogP contribution in [0.15, 0.2) is 0 Å². The molecule has 0 aliphatic carbocycles. The molecule has 0 spiro atoms. The summed E-state index contributed by atoms with van der Waals surface area (Å²) in [5.74, 6) is 0. The molecule has 0 heterocycles. The molecule has 0 bridgehead atoms. The molecule has 0 unspecified atom stereocenters. The van der Waals surface area contributed by atoms with Crippen molar-refractivity contribution in [2.75, 3.05) is 0 Å². The van der Waals surface area contributed by atoms with Gasteiger partial charge in [0.05, 0.1) is 0 Å². The second kappa shape index (κ2) is 15.9. The normalized spacial score (nSPS) is 3.86. The largest absolute Gasteiger partial charge is 5.00 e. The van der Waals surface area contributed by atoms with Crippen LogP contribution in [0.3, 0.4) is 0 Å². The van der Waals surface area contributed by atoms with Crippen molar-refractivity contribution in [3.63, 3.8) is 0 Å². The third kappa shape index (κ3) is 53.6. The SMILES string of the molecule is [Ba+2].[Li+].[O-]B([O-])[O-].[V+5]. The maximum absolute atomic E-state index is 8.42. The zero-order valence-corrected chi connectivity index (χ0v) is 9.79. The van der Waals surface area contributed by atoms with Gasteiger partial charge in [0, 0.05) is 0 Å². The fraction of sp³-hybridized carbons (Fsp3) is 0. The van der Waals surface area contributed by atoms with Gasteiger partial charge >= 0.3 is 86.3 Å². The van der Waals surface area contributed by atoms with Crippen LogP contribution in [-0.4, -0.2) is 56.2 Å². The van der Waals surface area contributed by atoms with Crippen LogP contribution in [0.2, 0.25) is 0 Å². The Balaban J connectivity index is -0.0000000150. The van der Waals surface area contributed by atoms with Gasteiger partial charge in [-0.15, -0.1) is 0 Å². The van der Waals surface area contributed by atoms with Crippen LogP contribution >= 0.6 is 0 Å². The fourth-order valence-corrected chi connectivity index (χ4v) is 0. The van der Waals surface area contributed by atoms with Crippen molar-refractivity contribution >= 4 is 56.2 Å². The maximum Gasteiger partial charge on any atom is 5.00 e. The Hall–Kier alpha value is 2.70. The van der Waals surface area contributed by atoms with Crippen molar-refractivity contribution in [1.82, 2.24) is 0 Å². The molecule has 0 aromatic rings. The first-order chi connectivity index (χ1) is 1.73. The van der Waals surface area contributed by atoms with E-state index >= 15 is 0 Å². The van der Waals surface area contributed by atoms with Crippen molar-refractivity contribution in [2.24, 2.45) is 0 Å². The van der Waals surface area contributed by atoms with Crippen LogP contribution in [0.1, 0.15) is 0 Å². The van der Waals surface area contributed by atoms with Gasteiger partial charge < -0.3 is 15.1 Å². The molecule has 0 saturated carbocycles. The minimum Gasteiger partial charge on any atom is -0.907 e. The van der Waals surface area contributed by atoms with E-state index in [0.29, 0.717) is 0 Å². The molecule has 0 atom stereocenters. The van der Waals surface area contributed by atoms with Crippen LogP contribution in [0, 0.1) is 0 Å². The minimum atomic E-state index is -2.92. The van der Waals surface area contributed by atoms with Crippen LogP contribution in [0.25, 0.3) is 0 Å². The van der Waals surface area contributed by atoms with E-state index < -0.39 is 7.32 Å². The molecule has 0 fully saturated rings. The molecule has 0 amide bonds. The monoisotopic (exact) mass is 255 g/mol. The third-order valence-electron chi connectivity index (χ3n) is 0. The molecule has 0 aliphatic heterocycles. The van der Waals surface area contributed by atoms with Crippen LogP contribution < -0.4 is 33.9 Å². The predicted molar refractivity (Wildman–Crippen MR) is 11.5 cm³/mol. The summed E-state index contributed by atoms with van der Waals surface area (Å²) in [5.41, 5.74) is 0. The Labute approximate surface area is 107 Å². The van der Waals surface area contributed by atoms with Crippen molar-refractivity contribution in [3.8, 4) is 0 Å². The summed E-state index contributed by atoms with van der Waals surface area (Å²) in [7, 11) is -2.92. The van der Waals surface area contributed by atoms with Gasteiger partial charge in [0.15, 0.2) is 0 Å². The summed E-state index contributed by atoms with van der Waals surface area (Å²) in [6, 6.07) is 0. The number of rotatable bonds is 0. The fourth-order valence-electron chi connectivity index (χ4n) is 0. The van der Waals surface area contributed by atoms with Crippen molar-refractivity contribution in [1.29, 1.82) is 0 Å². The molecule has 7 heavy (non-hydrogen) atoms. The Morgan fingerprint density at radius 3 is 1.00 bits per heavy atom. The number of hydrogen-bond acceptors (Lipinski definition) is 3. The summed E-state index contributed by atoms with van der Waals surface area (Å²) < 4.78 is 0. The van der Waals surface area contributed by atoms with Gasteiger partial charge in [-0.05, 0) is 0 Å². The molecule has 0 saturated heterocycles. The van der Waals surface area contributed by atoms with Crippen LogP contribution in [0.4, 0.5) is 0 Å². The summed E-state index contributed by atoms with van der Waals surface area (Å²) >= 11 is 0. The standard InChI is InChI=1S/BO3.Ba.Li.V/c2-1(3)4;;;/q-3;+2;+1;+5. The average Bonchev–Trinajstić information content (AvgIpc) is 0.811. The van der Waals surface area contributed by atoms with E-state index in [1.807, 2.05) is 0 Å². The van der Waals surface area contributed by atoms with E-state index in [1.54, 1.807) is 0 Å². The van der Waals surface area contributed by atoms with E-state index in [1.165, 1.54) is 0 Å². The molecule has 7 heteroatoms. The maximum atomic E-state index is 8.42. The quantitative estimate of drug-likeness (QED) is 0.403. The van der Waals surface area contributed by atoms with Gasteiger partial charge in [0.25, 0.3) is 0 Å². The molecular formula is BBaLiO3V+5. The Bertz CT molecular complexity index is 19.7. The van der Waals surface area contributed by atoms with E-state index in [2.05, 4.69) is 0 Å². The van der Waals surface area contributed by atoms with E-state index in [-0.39, 0.29) is 86.3 Å². The second-order valence-corrected chi connectivity index (χ2v) is 0.289. The van der Waals surface area contributed by atoms with Crippen molar-refractivity contribution in [3.05, 3.63) is 0 Å². The van der Waals surface area contributed by atoms with Crippen molar-refractivity contribution in [2.45, 2.75) is 0 Å². The predicted octanol–water partition coefficient (Wildman–Crippen LogP) is -7.33. The van der Waals surface area contributed by atoms with Gasteiger partial charge in [-0.1, -0.05) is 0 Å². The first kappa shape index (κ1) is 22.6. The van der Waals surface area contributed by atoms with Crippen LogP contribution in [0.5, 0.6) is 0 Å². The summed E-state index contributed by atoms with van der Waals surface area (Å²) in [6.07, 6.45) is 0. The van der Waals surface area contributed by atoms with Crippen LogP contribution in [-0.2, 0) is 18.6 Å². The smallest absolute Gasteiger partial charge is 0.907 e. The molecule has 0 aliphatic rings. The molecule has 0 radical (unpaired) electrons. The first-order valence-corrected chi connectivity index (χ1v) is 0.707. The molecule has 0 rings (SSSR count). The van der Waals surface area contributed by atoms with Crippen molar-refractivity contribution < 1.29 is 52.5 Å². The Morgan fingerprint density at radius 1 is 1.00 bits per heavy atom. The van der Waals surface area contributed by atoms with Gasteiger partial charge in [-0.2, -0.15) is 0 Å². The van der Waals surface area contributed by atoms with E-state index in [9.17, 15) is 0 Å². The molecule has 24 valence electrons. The van der Waals surface area contributed by atoms with Gasteiger partial charge in [-0.3, -0.25) is 7.32 Å². The summed E-state index contributed by atoms with van der Waals surface area (Å²) in [4.78, 5) is 0. The summed E-state index contributed by atoms with van der Waals surface area (Å²) in [6.45, 7) is 0. The minimum absolute atomic E-state index is 0. The summed E-state index contributed by atoms with van der Waals surface area (Å²) in [5, 5.41) is 25.2. The second-order valence-electron chi connectivity index (χ2n) is 0.289. The average molecular weight is 254 g/mol. The van der Waals surface area contributed by atoms with Gasteiger partial charge in [0.2, 0.25) is 0 Å².